The van der Waals surface area contributed by atoms with Gasteiger partial charge in [0, 0.05) is 11.1 Å². The monoisotopic (exact) mass is 389 g/mol. The van der Waals surface area contributed by atoms with E-state index in [1.54, 1.807) is 24.3 Å². The van der Waals surface area contributed by atoms with Gasteiger partial charge in [-0.25, -0.2) is 9.97 Å². The zero-order chi connectivity index (χ0) is 14.8. The fourth-order valence-electron chi connectivity index (χ4n) is 1.99. The molecule has 3 N–H and O–H groups in total. The molecular formula is C16H12IN3O. The zero-order valence-electron chi connectivity index (χ0n) is 11.0. The van der Waals surface area contributed by atoms with Crippen molar-refractivity contribution in [3.8, 4) is 28.4 Å². The highest BCUT2D eigenvalue weighted by Gasteiger charge is 2.13. The van der Waals surface area contributed by atoms with Crippen molar-refractivity contribution in [1.29, 1.82) is 0 Å². The zero-order valence-corrected chi connectivity index (χ0v) is 13.2. The summed E-state index contributed by atoms with van der Waals surface area (Å²) in [4.78, 5) is 8.96. The van der Waals surface area contributed by atoms with Crippen molar-refractivity contribution in [3.05, 3.63) is 58.2 Å². The molecule has 0 saturated heterocycles. The van der Waals surface area contributed by atoms with Gasteiger partial charge in [-0.2, -0.15) is 0 Å². The molecule has 2 aromatic carbocycles. The van der Waals surface area contributed by atoms with Crippen LogP contribution in [-0.4, -0.2) is 15.1 Å². The highest BCUT2D eigenvalue weighted by molar-refractivity contribution is 14.1. The number of hydrogen-bond donors (Lipinski definition) is 2. The first-order valence-electron chi connectivity index (χ1n) is 6.33. The molecule has 104 valence electrons. The van der Waals surface area contributed by atoms with Crippen LogP contribution >= 0.6 is 22.6 Å². The molecule has 0 aliphatic rings. The minimum atomic E-state index is 0.209. The SMILES string of the molecule is Nc1nc(-c2ccc(O)cc2)nc(-c2ccccc2)c1I. The summed E-state index contributed by atoms with van der Waals surface area (Å²) >= 11 is 2.16. The maximum Gasteiger partial charge on any atom is 0.162 e. The molecule has 0 unspecified atom stereocenters. The molecule has 3 aromatic rings. The quantitative estimate of drug-likeness (QED) is 0.656. The molecule has 0 atom stereocenters. The lowest BCUT2D eigenvalue weighted by Gasteiger charge is -2.09. The molecule has 0 fully saturated rings. The van der Waals surface area contributed by atoms with E-state index in [2.05, 4.69) is 32.6 Å². The van der Waals surface area contributed by atoms with Crippen LogP contribution in [-0.2, 0) is 0 Å². The number of hydrogen-bond acceptors (Lipinski definition) is 4. The predicted molar refractivity (Wildman–Crippen MR) is 91.7 cm³/mol. The number of benzene rings is 2. The van der Waals surface area contributed by atoms with Crippen molar-refractivity contribution >= 4 is 28.4 Å². The van der Waals surface area contributed by atoms with Gasteiger partial charge in [0.2, 0.25) is 0 Å². The smallest absolute Gasteiger partial charge is 0.162 e. The van der Waals surface area contributed by atoms with E-state index in [1.165, 1.54) is 0 Å². The lowest BCUT2D eigenvalue weighted by atomic mass is 10.1. The lowest BCUT2D eigenvalue weighted by Crippen LogP contribution is -2.02. The van der Waals surface area contributed by atoms with E-state index in [1.807, 2.05) is 30.3 Å². The van der Waals surface area contributed by atoms with Gasteiger partial charge >= 0.3 is 0 Å². The molecule has 0 aliphatic carbocycles. The third kappa shape index (κ3) is 2.82. The maximum atomic E-state index is 9.37. The van der Waals surface area contributed by atoms with Crippen LogP contribution in [0, 0.1) is 3.57 Å². The van der Waals surface area contributed by atoms with Crippen molar-refractivity contribution in [1.82, 2.24) is 9.97 Å². The fourth-order valence-corrected chi connectivity index (χ4v) is 2.54. The Morgan fingerprint density at radius 2 is 1.52 bits per heavy atom. The molecule has 1 heterocycles. The summed E-state index contributed by atoms with van der Waals surface area (Å²) in [6.07, 6.45) is 0. The summed E-state index contributed by atoms with van der Waals surface area (Å²) in [5.41, 5.74) is 8.64. The van der Waals surface area contributed by atoms with Gasteiger partial charge in [0.05, 0.1) is 9.26 Å². The standard InChI is InChI=1S/C16H12IN3O/c17-13-14(10-4-2-1-3-5-10)19-16(20-15(13)18)11-6-8-12(21)9-7-11/h1-9,21H,(H2,18,19,20). The van der Waals surface area contributed by atoms with Gasteiger partial charge in [0.1, 0.15) is 11.6 Å². The Balaban J connectivity index is 2.16. The van der Waals surface area contributed by atoms with Crippen LogP contribution in [0.3, 0.4) is 0 Å². The highest BCUT2D eigenvalue weighted by atomic mass is 127. The third-order valence-corrected chi connectivity index (χ3v) is 4.11. The van der Waals surface area contributed by atoms with Crippen molar-refractivity contribution in [3.63, 3.8) is 0 Å². The highest BCUT2D eigenvalue weighted by Crippen LogP contribution is 2.29. The number of nitrogen functional groups attached to an aromatic ring is 1. The molecular weight excluding hydrogens is 377 g/mol. The minimum Gasteiger partial charge on any atom is -0.508 e. The fraction of sp³-hybridized carbons (Fsp3) is 0. The van der Waals surface area contributed by atoms with E-state index < -0.39 is 0 Å². The lowest BCUT2D eigenvalue weighted by molar-refractivity contribution is 0.475. The van der Waals surface area contributed by atoms with E-state index in [4.69, 9.17) is 5.73 Å². The number of anilines is 1. The van der Waals surface area contributed by atoms with Crippen LogP contribution in [0.4, 0.5) is 5.82 Å². The molecule has 4 nitrogen and oxygen atoms in total. The molecule has 0 spiro atoms. The Morgan fingerprint density at radius 1 is 0.857 bits per heavy atom. The van der Waals surface area contributed by atoms with Gasteiger partial charge < -0.3 is 10.8 Å². The number of halogens is 1. The number of aromatic hydroxyl groups is 1. The van der Waals surface area contributed by atoms with Crippen molar-refractivity contribution in [2.75, 3.05) is 5.73 Å². The van der Waals surface area contributed by atoms with Crippen LogP contribution in [0.5, 0.6) is 5.75 Å². The summed E-state index contributed by atoms with van der Waals surface area (Å²) in [7, 11) is 0. The number of nitrogens with two attached hydrogens (primary N) is 1. The number of phenolic OH excluding ortho intramolecular Hbond substituents is 1. The van der Waals surface area contributed by atoms with Crippen molar-refractivity contribution in [2.45, 2.75) is 0 Å². The van der Waals surface area contributed by atoms with E-state index in [9.17, 15) is 5.11 Å². The Morgan fingerprint density at radius 3 is 2.19 bits per heavy atom. The number of phenols is 1. The molecule has 21 heavy (non-hydrogen) atoms. The summed E-state index contributed by atoms with van der Waals surface area (Å²) in [6, 6.07) is 16.6. The second-order valence-electron chi connectivity index (χ2n) is 4.51. The summed E-state index contributed by atoms with van der Waals surface area (Å²) in [6.45, 7) is 0. The minimum absolute atomic E-state index is 0.209. The van der Waals surface area contributed by atoms with Gasteiger partial charge in [-0.1, -0.05) is 30.3 Å². The van der Waals surface area contributed by atoms with Gasteiger partial charge in [-0.15, -0.1) is 0 Å². The summed E-state index contributed by atoms with van der Waals surface area (Å²) < 4.78 is 0.835. The van der Waals surface area contributed by atoms with Gasteiger partial charge in [-0.3, -0.25) is 0 Å². The first-order chi connectivity index (χ1) is 10.1. The molecule has 0 saturated carbocycles. The molecule has 0 bridgehead atoms. The Bertz CT molecular complexity index is 774. The van der Waals surface area contributed by atoms with E-state index in [0.717, 1.165) is 20.4 Å². The van der Waals surface area contributed by atoms with E-state index in [0.29, 0.717) is 11.6 Å². The third-order valence-electron chi connectivity index (χ3n) is 3.05. The first kappa shape index (κ1) is 13.8. The average Bonchev–Trinajstić information content (AvgIpc) is 2.51. The number of rotatable bonds is 2. The van der Waals surface area contributed by atoms with Crippen molar-refractivity contribution < 1.29 is 5.11 Å². The number of nitrogens with zero attached hydrogens (tertiary/aromatic N) is 2. The van der Waals surface area contributed by atoms with E-state index >= 15 is 0 Å². The molecule has 0 aliphatic heterocycles. The second kappa shape index (κ2) is 5.69. The van der Waals surface area contributed by atoms with Gasteiger partial charge in [-0.05, 0) is 46.9 Å². The molecule has 3 rings (SSSR count). The van der Waals surface area contributed by atoms with Gasteiger partial charge in [0.25, 0.3) is 0 Å². The Kier molecular flexibility index (Phi) is 3.74. The van der Waals surface area contributed by atoms with Crippen LogP contribution in [0.25, 0.3) is 22.6 Å². The number of aromatic nitrogens is 2. The van der Waals surface area contributed by atoms with Crippen LogP contribution in [0.15, 0.2) is 54.6 Å². The van der Waals surface area contributed by atoms with Crippen LogP contribution in [0.1, 0.15) is 0 Å². The summed E-state index contributed by atoms with van der Waals surface area (Å²) in [5.74, 6) is 1.21. The van der Waals surface area contributed by atoms with Crippen LogP contribution < -0.4 is 5.73 Å². The second-order valence-corrected chi connectivity index (χ2v) is 5.59. The maximum absolute atomic E-state index is 9.37. The first-order valence-corrected chi connectivity index (χ1v) is 7.41. The molecule has 0 amide bonds. The average molecular weight is 389 g/mol. The molecule has 5 heteroatoms. The normalized spacial score (nSPS) is 10.5. The summed E-state index contributed by atoms with van der Waals surface area (Å²) in [5, 5.41) is 9.37. The predicted octanol–water partition coefficient (Wildman–Crippen LogP) is 3.70. The van der Waals surface area contributed by atoms with E-state index in [-0.39, 0.29) is 5.75 Å². The molecule has 1 aromatic heterocycles. The topological polar surface area (TPSA) is 72.0 Å². The molecule has 0 radical (unpaired) electrons. The Labute approximate surface area is 135 Å². The largest absolute Gasteiger partial charge is 0.508 e. The van der Waals surface area contributed by atoms with Gasteiger partial charge in [0.15, 0.2) is 5.82 Å². The van der Waals surface area contributed by atoms with Crippen molar-refractivity contribution in [2.24, 2.45) is 0 Å². The Hall–Kier alpha value is -2.15. The van der Waals surface area contributed by atoms with Crippen LogP contribution in [0.2, 0.25) is 0 Å².